The standard InChI is InChI=1S/C4H4F6O.CH3F/c5-3(6,7)1-11-2-4(8,9)10;1-2/h1-2H2;1H3. The SMILES string of the molecule is CF.FC(F)(F)COCC(F)(F)F. The number of ether oxygens (including phenoxy) is 1. The summed E-state index contributed by atoms with van der Waals surface area (Å²) in [6.07, 6.45) is -9.41. The first-order valence-corrected chi connectivity index (χ1v) is 2.80. The van der Waals surface area contributed by atoms with Crippen LogP contribution in [0.5, 0.6) is 0 Å². The molecule has 82 valence electrons. The maximum absolute atomic E-state index is 11.1. The first-order chi connectivity index (χ1) is 5.71. The molecule has 0 spiro atoms. The highest BCUT2D eigenvalue weighted by Crippen LogP contribution is 2.18. The van der Waals surface area contributed by atoms with Crippen molar-refractivity contribution in [2.75, 3.05) is 20.4 Å². The minimum Gasteiger partial charge on any atom is -0.363 e. The third kappa shape index (κ3) is 18.4. The molecule has 0 fully saturated rings. The molecule has 0 bridgehead atoms. The molecule has 0 saturated heterocycles. The minimum absolute atomic E-state index is 0.500. The van der Waals surface area contributed by atoms with E-state index >= 15 is 0 Å². The minimum atomic E-state index is -4.70. The Morgan fingerprint density at radius 2 is 1.00 bits per heavy atom. The van der Waals surface area contributed by atoms with Crippen LogP contribution in [0.15, 0.2) is 0 Å². The van der Waals surface area contributed by atoms with Crippen LogP contribution in [0.25, 0.3) is 0 Å². The van der Waals surface area contributed by atoms with Crippen LogP contribution in [0.4, 0.5) is 30.7 Å². The van der Waals surface area contributed by atoms with Crippen LogP contribution >= 0.6 is 0 Å². The number of hydrogen-bond donors (Lipinski definition) is 0. The maximum atomic E-state index is 11.1. The van der Waals surface area contributed by atoms with Gasteiger partial charge in [0, 0.05) is 0 Å². The number of alkyl halides is 7. The van der Waals surface area contributed by atoms with Crippen molar-refractivity contribution in [3.63, 3.8) is 0 Å². The van der Waals surface area contributed by atoms with Crippen molar-refractivity contribution in [2.24, 2.45) is 0 Å². The first kappa shape index (κ1) is 15.0. The van der Waals surface area contributed by atoms with Gasteiger partial charge in [0.25, 0.3) is 0 Å². The van der Waals surface area contributed by atoms with E-state index in [4.69, 9.17) is 0 Å². The van der Waals surface area contributed by atoms with Crippen LogP contribution < -0.4 is 0 Å². The molecule has 0 aromatic heterocycles. The molecule has 0 aromatic carbocycles. The lowest BCUT2D eigenvalue weighted by Crippen LogP contribution is -2.23. The highest BCUT2D eigenvalue weighted by atomic mass is 19.4. The van der Waals surface area contributed by atoms with E-state index < -0.39 is 25.6 Å². The molecule has 13 heavy (non-hydrogen) atoms. The van der Waals surface area contributed by atoms with Crippen molar-refractivity contribution >= 4 is 0 Å². The summed E-state index contributed by atoms with van der Waals surface area (Å²) in [6.45, 7) is -3.74. The fourth-order valence-electron chi connectivity index (χ4n) is 0.282. The van der Waals surface area contributed by atoms with Crippen LogP contribution in [0, 0.1) is 0 Å². The van der Waals surface area contributed by atoms with Gasteiger partial charge in [-0.3, -0.25) is 4.39 Å². The normalized spacial score (nSPS) is 12.0. The largest absolute Gasteiger partial charge is 0.411 e. The summed E-state index contributed by atoms with van der Waals surface area (Å²) in [5, 5.41) is 0. The molecule has 0 rings (SSSR count). The molecule has 0 saturated carbocycles. The highest BCUT2D eigenvalue weighted by Gasteiger charge is 2.32. The van der Waals surface area contributed by atoms with E-state index in [2.05, 4.69) is 4.74 Å². The molecular weight excluding hydrogens is 209 g/mol. The van der Waals surface area contributed by atoms with Gasteiger partial charge in [0.05, 0.1) is 7.18 Å². The average Bonchev–Trinajstić information content (AvgIpc) is 1.86. The second kappa shape index (κ2) is 6.01. The van der Waals surface area contributed by atoms with Gasteiger partial charge in [-0.1, -0.05) is 0 Å². The molecule has 0 aliphatic heterocycles. The fraction of sp³-hybridized carbons (Fsp3) is 1.00. The van der Waals surface area contributed by atoms with Gasteiger partial charge in [0.2, 0.25) is 0 Å². The van der Waals surface area contributed by atoms with Gasteiger partial charge in [0.1, 0.15) is 13.2 Å². The highest BCUT2D eigenvalue weighted by molar-refractivity contribution is 4.49. The van der Waals surface area contributed by atoms with E-state index in [-0.39, 0.29) is 0 Å². The Kier molecular flexibility index (Phi) is 6.91. The summed E-state index contributed by atoms with van der Waals surface area (Å²) in [5.74, 6) is 0. The first-order valence-electron chi connectivity index (χ1n) is 2.80. The monoisotopic (exact) mass is 216 g/mol. The summed E-state index contributed by atoms with van der Waals surface area (Å²) >= 11 is 0. The summed E-state index contributed by atoms with van der Waals surface area (Å²) in [5.41, 5.74) is 0. The van der Waals surface area contributed by atoms with Gasteiger partial charge >= 0.3 is 12.4 Å². The van der Waals surface area contributed by atoms with Crippen LogP contribution in [0.1, 0.15) is 0 Å². The molecule has 0 amide bonds. The predicted octanol–water partition coefficient (Wildman–Crippen LogP) is 2.71. The van der Waals surface area contributed by atoms with E-state index in [1.165, 1.54) is 0 Å². The van der Waals surface area contributed by atoms with Gasteiger partial charge in [-0.05, 0) is 0 Å². The van der Waals surface area contributed by atoms with Crippen LogP contribution in [-0.2, 0) is 4.74 Å². The zero-order chi connectivity index (χ0) is 11.1. The van der Waals surface area contributed by atoms with Crippen molar-refractivity contribution in [3.8, 4) is 0 Å². The van der Waals surface area contributed by atoms with Crippen molar-refractivity contribution < 1.29 is 35.5 Å². The molecule has 0 aromatic rings. The van der Waals surface area contributed by atoms with E-state index in [1.807, 2.05) is 0 Å². The summed E-state index contributed by atoms with van der Waals surface area (Å²) in [7, 11) is 0.500. The second-order valence-corrected chi connectivity index (χ2v) is 1.72. The van der Waals surface area contributed by atoms with E-state index in [0.29, 0.717) is 7.18 Å². The van der Waals surface area contributed by atoms with Gasteiger partial charge in [0.15, 0.2) is 0 Å². The second-order valence-electron chi connectivity index (χ2n) is 1.72. The van der Waals surface area contributed by atoms with Crippen molar-refractivity contribution in [3.05, 3.63) is 0 Å². The summed E-state index contributed by atoms with van der Waals surface area (Å²) in [6, 6.07) is 0. The van der Waals surface area contributed by atoms with Gasteiger partial charge in [-0.15, -0.1) is 0 Å². The Labute approximate surface area is 69.5 Å². The molecule has 0 atom stereocenters. The maximum Gasteiger partial charge on any atom is 0.411 e. The summed E-state index contributed by atoms with van der Waals surface area (Å²) < 4.78 is 79.6. The quantitative estimate of drug-likeness (QED) is 0.645. The Hall–Kier alpha value is -0.530. The number of hydrogen-bond acceptors (Lipinski definition) is 1. The fourth-order valence-corrected chi connectivity index (χ4v) is 0.282. The lowest BCUT2D eigenvalue weighted by atomic mass is 10.6. The average molecular weight is 216 g/mol. The molecule has 8 heteroatoms. The third-order valence-corrected chi connectivity index (χ3v) is 0.531. The molecule has 0 aliphatic carbocycles. The lowest BCUT2D eigenvalue weighted by molar-refractivity contribution is -0.219. The Balaban J connectivity index is 0. The Morgan fingerprint density at radius 1 is 0.769 bits per heavy atom. The van der Waals surface area contributed by atoms with Crippen molar-refractivity contribution in [1.82, 2.24) is 0 Å². The van der Waals surface area contributed by atoms with Crippen LogP contribution in [0.2, 0.25) is 0 Å². The molecule has 0 heterocycles. The van der Waals surface area contributed by atoms with Crippen molar-refractivity contribution in [2.45, 2.75) is 12.4 Å². The zero-order valence-corrected chi connectivity index (χ0v) is 6.47. The van der Waals surface area contributed by atoms with E-state index in [9.17, 15) is 30.7 Å². The Bertz CT molecular complexity index is 101. The van der Waals surface area contributed by atoms with Crippen LogP contribution in [-0.4, -0.2) is 32.7 Å². The predicted molar refractivity (Wildman–Crippen MR) is 30.0 cm³/mol. The summed E-state index contributed by atoms with van der Waals surface area (Å²) in [4.78, 5) is 0. The molecule has 0 unspecified atom stereocenters. The van der Waals surface area contributed by atoms with E-state index in [0.717, 1.165) is 0 Å². The lowest BCUT2D eigenvalue weighted by Gasteiger charge is -2.09. The number of halogens is 7. The Morgan fingerprint density at radius 3 is 1.15 bits per heavy atom. The van der Waals surface area contributed by atoms with Crippen molar-refractivity contribution in [1.29, 1.82) is 0 Å². The molecule has 0 radical (unpaired) electrons. The van der Waals surface area contributed by atoms with Gasteiger partial charge in [-0.25, -0.2) is 0 Å². The van der Waals surface area contributed by atoms with Crippen LogP contribution in [0.3, 0.4) is 0 Å². The molecule has 0 aliphatic rings. The topological polar surface area (TPSA) is 9.23 Å². The van der Waals surface area contributed by atoms with Gasteiger partial charge < -0.3 is 4.74 Å². The van der Waals surface area contributed by atoms with E-state index in [1.54, 1.807) is 0 Å². The third-order valence-electron chi connectivity index (χ3n) is 0.531. The molecule has 0 N–H and O–H groups in total. The molecular formula is C5H7F7O. The number of rotatable bonds is 2. The smallest absolute Gasteiger partial charge is 0.363 e. The zero-order valence-electron chi connectivity index (χ0n) is 6.47. The van der Waals surface area contributed by atoms with Gasteiger partial charge in [-0.2, -0.15) is 26.3 Å². The molecule has 1 nitrogen and oxygen atoms in total.